The highest BCUT2D eigenvalue weighted by molar-refractivity contribution is 7.15. The van der Waals surface area contributed by atoms with Crippen molar-refractivity contribution in [3.05, 3.63) is 5.01 Å². The Morgan fingerprint density at radius 3 is 2.29 bits per heavy atom. The number of hydrogen-bond donors (Lipinski definition) is 1. The van der Waals surface area contributed by atoms with Crippen molar-refractivity contribution >= 4 is 28.3 Å². The standard InChI is InChI=1S/C14H24N4O2S/c1-4-9-18(10-5-2)13(20)8-7-11(19)15-14-17-16-12(6-3)21-14/h4-10H2,1-3H3,(H,15,17,19). The Bertz CT molecular complexity index is 456. The maximum Gasteiger partial charge on any atom is 0.226 e. The molecule has 1 rings (SSSR count). The van der Waals surface area contributed by atoms with Gasteiger partial charge in [-0.15, -0.1) is 10.2 Å². The van der Waals surface area contributed by atoms with Crippen LogP contribution < -0.4 is 5.32 Å². The maximum atomic E-state index is 12.1. The van der Waals surface area contributed by atoms with Crippen LogP contribution in [0.2, 0.25) is 0 Å². The summed E-state index contributed by atoms with van der Waals surface area (Å²) in [7, 11) is 0. The van der Waals surface area contributed by atoms with E-state index in [1.807, 2.05) is 25.7 Å². The zero-order valence-electron chi connectivity index (χ0n) is 13.0. The fraction of sp³-hybridized carbons (Fsp3) is 0.714. The number of carbonyl (C=O) groups excluding carboxylic acids is 2. The van der Waals surface area contributed by atoms with E-state index < -0.39 is 0 Å². The lowest BCUT2D eigenvalue weighted by Gasteiger charge is -2.21. The minimum absolute atomic E-state index is 0.0420. The van der Waals surface area contributed by atoms with Crippen LogP contribution in [-0.4, -0.2) is 40.0 Å². The van der Waals surface area contributed by atoms with Gasteiger partial charge in [-0.3, -0.25) is 9.59 Å². The van der Waals surface area contributed by atoms with Crippen LogP contribution in [0.4, 0.5) is 5.13 Å². The molecule has 1 heterocycles. The first-order valence-electron chi connectivity index (χ1n) is 7.50. The summed E-state index contributed by atoms with van der Waals surface area (Å²) in [6.07, 6.45) is 3.09. The van der Waals surface area contributed by atoms with Gasteiger partial charge in [-0.1, -0.05) is 32.1 Å². The zero-order valence-corrected chi connectivity index (χ0v) is 13.8. The molecule has 0 aliphatic heterocycles. The molecule has 0 fully saturated rings. The van der Waals surface area contributed by atoms with Gasteiger partial charge in [0.25, 0.3) is 0 Å². The Hall–Kier alpha value is -1.50. The largest absolute Gasteiger partial charge is 0.343 e. The molecule has 0 spiro atoms. The van der Waals surface area contributed by atoms with Gasteiger partial charge in [-0.2, -0.15) is 0 Å². The predicted octanol–water partition coefficient (Wildman–Crippen LogP) is 2.47. The van der Waals surface area contributed by atoms with Gasteiger partial charge in [0.15, 0.2) is 0 Å². The molecule has 6 nitrogen and oxygen atoms in total. The van der Waals surface area contributed by atoms with E-state index in [1.165, 1.54) is 11.3 Å². The van der Waals surface area contributed by atoms with E-state index in [2.05, 4.69) is 15.5 Å². The first-order valence-corrected chi connectivity index (χ1v) is 8.32. The van der Waals surface area contributed by atoms with E-state index in [0.29, 0.717) is 5.13 Å². The zero-order chi connectivity index (χ0) is 15.7. The molecule has 118 valence electrons. The summed E-state index contributed by atoms with van der Waals surface area (Å²) in [4.78, 5) is 25.7. The molecular weight excluding hydrogens is 288 g/mol. The second-order valence-corrected chi connectivity index (χ2v) is 5.85. The molecule has 0 radical (unpaired) electrons. The van der Waals surface area contributed by atoms with Crippen molar-refractivity contribution in [1.82, 2.24) is 15.1 Å². The fourth-order valence-corrected chi connectivity index (χ4v) is 2.60. The van der Waals surface area contributed by atoms with E-state index in [4.69, 9.17) is 0 Å². The second kappa shape index (κ2) is 9.44. The molecule has 1 N–H and O–H groups in total. The van der Waals surface area contributed by atoms with Crippen LogP contribution in [-0.2, 0) is 16.0 Å². The topological polar surface area (TPSA) is 75.2 Å². The van der Waals surface area contributed by atoms with Crippen molar-refractivity contribution in [3.8, 4) is 0 Å². The summed E-state index contributed by atoms with van der Waals surface area (Å²) < 4.78 is 0. The van der Waals surface area contributed by atoms with Crippen molar-refractivity contribution < 1.29 is 9.59 Å². The van der Waals surface area contributed by atoms with Crippen molar-refractivity contribution in [2.75, 3.05) is 18.4 Å². The number of aryl methyl sites for hydroxylation is 1. The highest BCUT2D eigenvalue weighted by atomic mass is 32.1. The molecule has 0 bridgehead atoms. The Labute approximate surface area is 129 Å². The predicted molar refractivity (Wildman–Crippen MR) is 84.3 cm³/mol. The Morgan fingerprint density at radius 1 is 1.10 bits per heavy atom. The first-order chi connectivity index (χ1) is 10.1. The minimum Gasteiger partial charge on any atom is -0.343 e. The van der Waals surface area contributed by atoms with E-state index >= 15 is 0 Å². The normalized spacial score (nSPS) is 10.4. The number of anilines is 1. The van der Waals surface area contributed by atoms with Crippen molar-refractivity contribution in [2.45, 2.75) is 52.9 Å². The van der Waals surface area contributed by atoms with E-state index in [0.717, 1.165) is 37.4 Å². The monoisotopic (exact) mass is 312 g/mol. The molecule has 7 heteroatoms. The van der Waals surface area contributed by atoms with Gasteiger partial charge in [0.05, 0.1) is 0 Å². The van der Waals surface area contributed by atoms with Crippen molar-refractivity contribution in [1.29, 1.82) is 0 Å². The van der Waals surface area contributed by atoms with Gasteiger partial charge < -0.3 is 10.2 Å². The molecule has 2 amide bonds. The van der Waals surface area contributed by atoms with Crippen LogP contribution in [0.5, 0.6) is 0 Å². The van der Waals surface area contributed by atoms with Gasteiger partial charge in [0, 0.05) is 25.9 Å². The number of carbonyl (C=O) groups is 2. The van der Waals surface area contributed by atoms with Crippen LogP contribution in [0, 0.1) is 0 Å². The molecule has 0 saturated carbocycles. The Balaban J connectivity index is 2.38. The summed E-state index contributed by atoms with van der Waals surface area (Å²) in [5.41, 5.74) is 0. The molecular formula is C14H24N4O2S. The third-order valence-corrected chi connectivity index (χ3v) is 3.90. The quantitative estimate of drug-likeness (QED) is 0.760. The molecule has 0 saturated heterocycles. The highest BCUT2D eigenvalue weighted by Gasteiger charge is 2.14. The Morgan fingerprint density at radius 2 is 1.76 bits per heavy atom. The summed E-state index contributed by atoms with van der Waals surface area (Å²) in [5.74, 6) is -0.143. The van der Waals surface area contributed by atoms with E-state index in [-0.39, 0.29) is 24.7 Å². The smallest absolute Gasteiger partial charge is 0.226 e. The number of nitrogens with zero attached hydrogens (tertiary/aromatic N) is 3. The first kappa shape index (κ1) is 17.6. The lowest BCUT2D eigenvalue weighted by Crippen LogP contribution is -2.33. The number of nitrogens with one attached hydrogen (secondary N) is 1. The molecule has 0 unspecified atom stereocenters. The van der Waals surface area contributed by atoms with Crippen molar-refractivity contribution in [3.63, 3.8) is 0 Å². The molecule has 0 aliphatic carbocycles. The molecule has 0 aliphatic rings. The van der Waals surface area contributed by atoms with Crippen LogP contribution >= 0.6 is 11.3 Å². The molecule has 1 aromatic rings. The number of aromatic nitrogens is 2. The molecule has 0 atom stereocenters. The maximum absolute atomic E-state index is 12.1. The fourth-order valence-electron chi connectivity index (χ4n) is 1.91. The van der Waals surface area contributed by atoms with E-state index in [1.54, 1.807) is 0 Å². The van der Waals surface area contributed by atoms with Gasteiger partial charge in [0.1, 0.15) is 5.01 Å². The van der Waals surface area contributed by atoms with Crippen LogP contribution in [0.3, 0.4) is 0 Å². The summed E-state index contributed by atoms with van der Waals surface area (Å²) in [5, 5.41) is 11.9. The minimum atomic E-state index is -0.185. The van der Waals surface area contributed by atoms with Crippen LogP contribution in [0.1, 0.15) is 51.5 Å². The number of amides is 2. The van der Waals surface area contributed by atoms with E-state index in [9.17, 15) is 9.59 Å². The highest BCUT2D eigenvalue weighted by Crippen LogP contribution is 2.15. The third kappa shape index (κ3) is 6.20. The molecule has 0 aromatic carbocycles. The van der Waals surface area contributed by atoms with Crippen LogP contribution in [0.15, 0.2) is 0 Å². The third-order valence-electron chi connectivity index (χ3n) is 2.92. The number of hydrogen-bond acceptors (Lipinski definition) is 5. The van der Waals surface area contributed by atoms with Crippen molar-refractivity contribution in [2.24, 2.45) is 0 Å². The van der Waals surface area contributed by atoms with Crippen LogP contribution in [0.25, 0.3) is 0 Å². The van der Waals surface area contributed by atoms with Gasteiger partial charge in [0.2, 0.25) is 16.9 Å². The SMILES string of the molecule is CCCN(CCC)C(=O)CCC(=O)Nc1nnc(CC)s1. The summed E-state index contributed by atoms with van der Waals surface area (Å²) >= 11 is 1.37. The van der Waals surface area contributed by atoms with Gasteiger partial charge in [-0.05, 0) is 19.3 Å². The van der Waals surface area contributed by atoms with Gasteiger partial charge >= 0.3 is 0 Å². The number of rotatable bonds is 9. The Kier molecular flexibility index (Phi) is 7.89. The lowest BCUT2D eigenvalue weighted by molar-refractivity contribution is -0.132. The molecule has 21 heavy (non-hydrogen) atoms. The van der Waals surface area contributed by atoms with Gasteiger partial charge in [-0.25, -0.2) is 0 Å². The molecule has 1 aromatic heterocycles. The lowest BCUT2D eigenvalue weighted by atomic mass is 10.2. The average molecular weight is 312 g/mol. The average Bonchev–Trinajstić information content (AvgIpc) is 2.92. The second-order valence-electron chi connectivity index (χ2n) is 4.78. The summed E-state index contributed by atoms with van der Waals surface area (Å²) in [6, 6.07) is 0. The summed E-state index contributed by atoms with van der Waals surface area (Å²) in [6.45, 7) is 7.59.